The van der Waals surface area contributed by atoms with E-state index >= 15 is 0 Å². The van der Waals surface area contributed by atoms with Gasteiger partial charge < -0.3 is 19.7 Å². The third-order valence-electron chi connectivity index (χ3n) is 5.90. The van der Waals surface area contributed by atoms with Gasteiger partial charge in [-0.3, -0.25) is 9.69 Å². The lowest BCUT2D eigenvalue weighted by atomic mass is 9.95. The number of carbonyl (C=O) groups excluding carboxylic acids is 1. The number of benzene rings is 2. The molecule has 1 amide bonds. The van der Waals surface area contributed by atoms with Gasteiger partial charge in [-0.05, 0) is 63.2 Å². The average Bonchev–Trinajstić information content (AvgIpc) is 3.35. The molecule has 2 aromatic carbocycles. The second-order valence-corrected chi connectivity index (χ2v) is 7.83. The van der Waals surface area contributed by atoms with Gasteiger partial charge in [0.1, 0.15) is 5.52 Å². The molecule has 30 heavy (non-hydrogen) atoms. The number of oxazole rings is 1. The van der Waals surface area contributed by atoms with Gasteiger partial charge in [-0.15, -0.1) is 0 Å². The van der Waals surface area contributed by atoms with Crippen LogP contribution in [0.15, 0.2) is 51.7 Å². The summed E-state index contributed by atoms with van der Waals surface area (Å²) in [5.74, 6) is 1.01. The smallest absolute Gasteiger partial charge is 0.323 e. The van der Waals surface area contributed by atoms with E-state index in [1.165, 1.54) is 0 Å². The van der Waals surface area contributed by atoms with Gasteiger partial charge in [0.05, 0.1) is 17.1 Å². The van der Waals surface area contributed by atoms with Crippen molar-refractivity contribution in [1.29, 1.82) is 0 Å². The largest absolute Gasteiger partial charge is 0.440 e. The summed E-state index contributed by atoms with van der Waals surface area (Å²) in [5.41, 5.74) is 3.50. The zero-order chi connectivity index (χ0) is 20.7. The zero-order valence-corrected chi connectivity index (χ0v) is 16.6. The van der Waals surface area contributed by atoms with Crippen LogP contribution in [-0.2, 0) is 4.79 Å². The minimum absolute atomic E-state index is 0.0625. The molecule has 1 unspecified atom stereocenters. The van der Waals surface area contributed by atoms with Crippen molar-refractivity contribution < 1.29 is 9.21 Å². The fourth-order valence-electron chi connectivity index (χ4n) is 4.12. The summed E-state index contributed by atoms with van der Waals surface area (Å²) in [6, 6.07) is 12.9. The van der Waals surface area contributed by atoms with Crippen LogP contribution in [0.1, 0.15) is 31.6 Å². The van der Waals surface area contributed by atoms with Crippen LogP contribution in [0, 0.1) is 0 Å². The second-order valence-electron chi connectivity index (χ2n) is 7.83. The van der Waals surface area contributed by atoms with Gasteiger partial charge in [-0.1, -0.05) is 12.1 Å². The molecule has 5 rings (SSSR count). The number of rotatable bonds is 4. The van der Waals surface area contributed by atoms with Crippen LogP contribution in [0.4, 0.5) is 5.69 Å². The van der Waals surface area contributed by atoms with Gasteiger partial charge in [0.15, 0.2) is 11.5 Å². The second kappa shape index (κ2) is 7.46. The zero-order valence-electron chi connectivity index (χ0n) is 16.6. The minimum Gasteiger partial charge on any atom is -0.440 e. The van der Waals surface area contributed by atoms with Gasteiger partial charge in [-0.25, -0.2) is 9.78 Å². The number of hydrogen-bond donors (Lipinski definition) is 3. The molecule has 1 fully saturated rings. The summed E-state index contributed by atoms with van der Waals surface area (Å²) in [5, 5.41) is 2.95. The van der Waals surface area contributed by atoms with Crippen LogP contribution in [-0.4, -0.2) is 44.9 Å². The van der Waals surface area contributed by atoms with Crippen LogP contribution < -0.4 is 11.0 Å². The maximum Gasteiger partial charge on any atom is 0.323 e. The van der Waals surface area contributed by atoms with Gasteiger partial charge in [0.25, 0.3) is 0 Å². The van der Waals surface area contributed by atoms with Crippen molar-refractivity contribution in [1.82, 2.24) is 19.9 Å². The summed E-state index contributed by atoms with van der Waals surface area (Å²) in [4.78, 5) is 36.4. The number of H-pyrrole nitrogens is 2. The molecule has 4 aromatic rings. The molecule has 1 aliphatic heterocycles. The van der Waals surface area contributed by atoms with E-state index in [4.69, 9.17) is 4.42 Å². The first-order chi connectivity index (χ1) is 14.6. The van der Waals surface area contributed by atoms with Crippen LogP contribution in [0.25, 0.3) is 22.1 Å². The van der Waals surface area contributed by atoms with Crippen molar-refractivity contribution in [3.63, 3.8) is 0 Å². The summed E-state index contributed by atoms with van der Waals surface area (Å²) in [7, 11) is 0. The molecule has 0 spiro atoms. The summed E-state index contributed by atoms with van der Waals surface area (Å²) in [6.07, 6.45) is 1.81. The van der Waals surface area contributed by atoms with Gasteiger partial charge in [-0.2, -0.15) is 0 Å². The van der Waals surface area contributed by atoms with Crippen LogP contribution in [0.5, 0.6) is 0 Å². The fourth-order valence-corrected chi connectivity index (χ4v) is 4.12. The molecule has 8 nitrogen and oxygen atoms in total. The van der Waals surface area contributed by atoms with E-state index in [1.54, 1.807) is 18.2 Å². The number of imidazole rings is 1. The number of likely N-dealkylation sites (tertiary alicyclic amines) is 1. The van der Waals surface area contributed by atoms with Crippen molar-refractivity contribution in [2.24, 2.45) is 0 Å². The van der Waals surface area contributed by atoms with Crippen LogP contribution in [0.2, 0.25) is 0 Å². The topological polar surface area (TPSA) is 107 Å². The van der Waals surface area contributed by atoms with Crippen LogP contribution >= 0.6 is 0 Å². The number of fused-ring (bicyclic) bond motifs is 2. The Balaban J connectivity index is 1.21. The Labute approximate surface area is 172 Å². The Morgan fingerprint density at radius 1 is 1.17 bits per heavy atom. The summed E-state index contributed by atoms with van der Waals surface area (Å²) < 4.78 is 5.93. The van der Waals surface area contributed by atoms with Crippen molar-refractivity contribution in [2.45, 2.75) is 31.7 Å². The highest BCUT2D eigenvalue weighted by Crippen LogP contribution is 2.30. The van der Waals surface area contributed by atoms with Crippen molar-refractivity contribution in [3.05, 3.63) is 58.8 Å². The number of piperidine rings is 1. The predicted molar refractivity (Wildman–Crippen MR) is 115 cm³/mol. The van der Waals surface area contributed by atoms with Crippen molar-refractivity contribution in [3.8, 4) is 0 Å². The highest BCUT2D eigenvalue weighted by Gasteiger charge is 2.29. The Morgan fingerprint density at radius 2 is 1.93 bits per heavy atom. The summed E-state index contributed by atoms with van der Waals surface area (Å²) >= 11 is 0. The number of hydrogen-bond acceptors (Lipinski definition) is 5. The molecule has 1 saturated heterocycles. The van der Waals surface area contributed by atoms with E-state index in [0.29, 0.717) is 16.7 Å². The molecule has 0 radical (unpaired) electrons. The first-order valence-electron chi connectivity index (χ1n) is 10.2. The Morgan fingerprint density at radius 3 is 2.73 bits per heavy atom. The maximum atomic E-state index is 12.8. The highest BCUT2D eigenvalue weighted by molar-refractivity contribution is 5.96. The Bertz CT molecular complexity index is 1230. The third-order valence-corrected chi connectivity index (χ3v) is 5.90. The first-order valence-corrected chi connectivity index (χ1v) is 10.2. The van der Waals surface area contributed by atoms with E-state index in [2.05, 4.69) is 25.2 Å². The molecule has 1 atom stereocenters. The van der Waals surface area contributed by atoms with Gasteiger partial charge >= 0.3 is 5.69 Å². The molecule has 2 aromatic heterocycles. The number of nitrogens with one attached hydrogen (secondary N) is 3. The molecule has 154 valence electrons. The lowest BCUT2D eigenvalue weighted by molar-refractivity contribution is -0.121. The van der Waals surface area contributed by atoms with E-state index in [9.17, 15) is 9.59 Å². The standard InChI is InChI=1S/C22H23N5O3/c1-13(20(28)23-15-6-7-16-18(12-15)26-22(29)25-16)27-10-8-14(9-11-27)21-24-17-4-2-3-5-19(17)30-21/h2-7,12-14H,8-11H2,1H3,(H,23,28)(H2,25,26,29). The molecule has 1 aliphatic rings. The molecule has 0 bridgehead atoms. The normalized spacial score (nSPS) is 16.8. The Hall–Kier alpha value is -3.39. The molecule has 0 aliphatic carbocycles. The first kappa shape index (κ1) is 18.6. The highest BCUT2D eigenvalue weighted by atomic mass is 16.3. The van der Waals surface area contributed by atoms with E-state index < -0.39 is 0 Å². The third kappa shape index (κ3) is 3.50. The number of carbonyl (C=O) groups is 1. The van der Waals surface area contributed by atoms with Crippen molar-refractivity contribution >= 4 is 33.7 Å². The predicted octanol–water partition coefficient (Wildman–Crippen LogP) is 3.20. The number of amides is 1. The molecule has 0 saturated carbocycles. The van der Waals surface area contributed by atoms with Gasteiger partial charge in [0, 0.05) is 11.6 Å². The van der Waals surface area contributed by atoms with Crippen LogP contribution in [0.3, 0.4) is 0 Å². The maximum absolute atomic E-state index is 12.8. The number of aromatic nitrogens is 3. The number of aromatic amines is 2. The monoisotopic (exact) mass is 405 g/mol. The van der Waals surface area contributed by atoms with E-state index in [-0.39, 0.29) is 23.6 Å². The van der Waals surface area contributed by atoms with Crippen molar-refractivity contribution in [2.75, 3.05) is 18.4 Å². The Kier molecular flexibility index (Phi) is 4.63. The molecular weight excluding hydrogens is 382 g/mol. The SMILES string of the molecule is CC(C(=O)Nc1ccc2[nH]c(=O)[nH]c2c1)N1CCC(c2nc3ccccc3o2)CC1. The molecular formula is C22H23N5O3. The molecule has 3 heterocycles. The fraction of sp³-hybridized carbons (Fsp3) is 0.318. The lowest BCUT2D eigenvalue weighted by Gasteiger charge is -2.34. The quantitative estimate of drug-likeness (QED) is 0.483. The van der Waals surface area contributed by atoms with E-state index in [1.807, 2.05) is 31.2 Å². The minimum atomic E-state index is -0.261. The average molecular weight is 405 g/mol. The molecule has 8 heteroatoms. The van der Waals surface area contributed by atoms with E-state index in [0.717, 1.165) is 42.9 Å². The number of nitrogens with zero attached hydrogens (tertiary/aromatic N) is 2. The lowest BCUT2D eigenvalue weighted by Crippen LogP contribution is -2.45. The number of para-hydroxylation sites is 2. The molecule has 3 N–H and O–H groups in total. The summed E-state index contributed by atoms with van der Waals surface area (Å²) in [6.45, 7) is 3.54. The van der Waals surface area contributed by atoms with Gasteiger partial charge in [0.2, 0.25) is 5.91 Å². The number of anilines is 1.